The lowest BCUT2D eigenvalue weighted by Crippen LogP contribution is -2.02. The molecule has 0 bridgehead atoms. The van der Waals surface area contributed by atoms with E-state index in [0.29, 0.717) is 17.5 Å². The van der Waals surface area contributed by atoms with Crippen LogP contribution in [0, 0.1) is 0 Å². The number of benzene rings is 6. The predicted molar refractivity (Wildman–Crippen MR) is 212 cm³/mol. The maximum absolute atomic E-state index is 5.38. The highest BCUT2D eigenvalue weighted by atomic mass is 32.1. The fourth-order valence-corrected chi connectivity index (χ4v) is 8.33. The number of nitrogens with zero attached hydrogens (tertiary/aromatic N) is 4. The van der Waals surface area contributed by atoms with Crippen LogP contribution in [0.4, 0.5) is 0 Å². The number of hydrogen-bond acceptors (Lipinski definition) is 5. The SMILES string of the molecule is C/C=C\C(=C/CC)c1nc(-c2ccccc2)nc(-c2ccc(-c3nc4ccccc4c4c3c3ccccc3c3sc5ccccc5c34)cc2)n1. The molecule has 6 aromatic carbocycles. The van der Waals surface area contributed by atoms with Gasteiger partial charge in [-0.05, 0) is 30.9 Å². The van der Waals surface area contributed by atoms with Gasteiger partial charge >= 0.3 is 0 Å². The summed E-state index contributed by atoms with van der Waals surface area (Å²) >= 11 is 1.88. The Kier molecular flexibility index (Phi) is 7.48. The lowest BCUT2D eigenvalue weighted by atomic mass is 9.91. The summed E-state index contributed by atoms with van der Waals surface area (Å²) in [7, 11) is 0. The molecule has 0 N–H and O–H groups in total. The molecule has 0 aliphatic carbocycles. The van der Waals surface area contributed by atoms with Gasteiger partial charge in [0.05, 0.1) is 11.2 Å². The van der Waals surface area contributed by atoms with E-state index in [2.05, 4.69) is 116 Å². The molecule has 50 heavy (non-hydrogen) atoms. The van der Waals surface area contributed by atoms with Crippen LogP contribution in [-0.2, 0) is 0 Å². The molecule has 0 saturated carbocycles. The minimum absolute atomic E-state index is 0.639. The summed E-state index contributed by atoms with van der Waals surface area (Å²) in [4.78, 5) is 20.3. The number of aromatic nitrogens is 4. The van der Waals surface area contributed by atoms with Crippen molar-refractivity contribution in [2.75, 3.05) is 0 Å². The Balaban J connectivity index is 1.29. The van der Waals surface area contributed by atoms with E-state index >= 15 is 0 Å². The highest BCUT2D eigenvalue weighted by Crippen LogP contribution is 2.48. The maximum Gasteiger partial charge on any atom is 0.164 e. The fraction of sp³-hybridized carbons (Fsp3) is 0.0667. The molecule has 0 atom stereocenters. The Morgan fingerprint density at radius 2 is 1.18 bits per heavy atom. The monoisotopic (exact) mass is 660 g/mol. The minimum Gasteiger partial charge on any atom is -0.247 e. The summed E-state index contributed by atoms with van der Waals surface area (Å²) in [6.07, 6.45) is 7.13. The van der Waals surface area contributed by atoms with Crippen LogP contribution in [0.15, 0.2) is 146 Å². The Bertz CT molecular complexity index is 2800. The van der Waals surface area contributed by atoms with Crippen molar-refractivity contribution < 1.29 is 0 Å². The van der Waals surface area contributed by atoms with E-state index in [1.54, 1.807) is 0 Å². The van der Waals surface area contributed by atoms with Crippen LogP contribution in [-0.4, -0.2) is 19.9 Å². The molecule has 0 fully saturated rings. The van der Waals surface area contributed by atoms with Gasteiger partial charge in [-0.2, -0.15) is 0 Å². The molecule has 9 aromatic rings. The van der Waals surface area contributed by atoms with Crippen LogP contribution in [0.3, 0.4) is 0 Å². The number of fused-ring (bicyclic) bond motifs is 10. The molecule has 9 rings (SSSR count). The van der Waals surface area contributed by atoms with Crippen molar-refractivity contribution in [2.45, 2.75) is 20.3 Å². The molecule has 5 heteroatoms. The van der Waals surface area contributed by atoms with Gasteiger partial charge in [-0.25, -0.2) is 19.9 Å². The largest absolute Gasteiger partial charge is 0.247 e. The molecule has 0 saturated heterocycles. The van der Waals surface area contributed by atoms with Gasteiger partial charge in [-0.15, -0.1) is 11.3 Å². The molecular formula is C45H32N4S. The van der Waals surface area contributed by atoms with Crippen LogP contribution in [0.2, 0.25) is 0 Å². The summed E-state index contributed by atoms with van der Waals surface area (Å²) in [6, 6.07) is 44.8. The van der Waals surface area contributed by atoms with Crippen LogP contribution in [0.5, 0.6) is 0 Å². The summed E-state index contributed by atoms with van der Waals surface area (Å²) in [5, 5.41) is 8.67. The number of allylic oxidation sites excluding steroid dienone is 4. The molecule has 0 spiro atoms. The van der Waals surface area contributed by atoms with E-state index in [1.807, 2.05) is 54.7 Å². The molecule has 4 nitrogen and oxygen atoms in total. The van der Waals surface area contributed by atoms with E-state index in [0.717, 1.165) is 39.9 Å². The van der Waals surface area contributed by atoms with Gasteiger partial charge in [0.1, 0.15) is 0 Å². The topological polar surface area (TPSA) is 51.6 Å². The van der Waals surface area contributed by atoms with Gasteiger partial charge in [-0.3, -0.25) is 0 Å². The predicted octanol–water partition coefficient (Wildman–Crippen LogP) is 12.5. The minimum atomic E-state index is 0.639. The van der Waals surface area contributed by atoms with E-state index in [9.17, 15) is 0 Å². The summed E-state index contributed by atoms with van der Waals surface area (Å²) in [6.45, 7) is 4.14. The van der Waals surface area contributed by atoms with Gasteiger partial charge in [-0.1, -0.05) is 140 Å². The van der Waals surface area contributed by atoms with Crippen LogP contribution >= 0.6 is 11.3 Å². The van der Waals surface area contributed by atoms with E-state index in [1.165, 1.54) is 47.1 Å². The second kappa shape index (κ2) is 12.4. The average molecular weight is 661 g/mol. The zero-order valence-electron chi connectivity index (χ0n) is 27.8. The van der Waals surface area contributed by atoms with Gasteiger partial charge < -0.3 is 0 Å². The van der Waals surface area contributed by atoms with Crippen molar-refractivity contribution in [2.24, 2.45) is 0 Å². The first kappa shape index (κ1) is 30.1. The summed E-state index contributed by atoms with van der Waals surface area (Å²) in [5.41, 5.74) is 5.87. The highest BCUT2D eigenvalue weighted by Gasteiger charge is 2.21. The molecule has 0 aliphatic heterocycles. The molecule has 0 radical (unpaired) electrons. The van der Waals surface area contributed by atoms with Crippen LogP contribution in [0.1, 0.15) is 26.1 Å². The third-order valence-electron chi connectivity index (χ3n) is 9.29. The van der Waals surface area contributed by atoms with Gasteiger partial charge in [0, 0.05) is 64.0 Å². The molecular weight excluding hydrogens is 629 g/mol. The normalized spacial score (nSPS) is 12.3. The van der Waals surface area contributed by atoms with Crippen molar-refractivity contribution in [3.05, 3.63) is 151 Å². The third-order valence-corrected chi connectivity index (χ3v) is 10.5. The standard InChI is InChI=1S/C45H32N4S/c1-3-14-29(15-4-2)43-47-44(30-16-6-5-7-17-30)49-45(48-43)31-26-24-28(25-27-31)41-39-32-18-8-9-19-33(32)42-40(35-21-11-13-23-37(35)50-42)38(39)34-20-10-12-22-36(34)46-41/h3,5-27H,4H2,1-2H3/b14-3-,29-15+. The van der Waals surface area contributed by atoms with Crippen molar-refractivity contribution >= 4 is 69.5 Å². The first-order valence-corrected chi connectivity index (χ1v) is 17.8. The first-order valence-electron chi connectivity index (χ1n) is 17.0. The van der Waals surface area contributed by atoms with Gasteiger partial charge in [0.2, 0.25) is 0 Å². The molecule has 3 heterocycles. The van der Waals surface area contributed by atoms with Crippen molar-refractivity contribution in [3.63, 3.8) is 0 Å². The zero-order valence-corrected chi connectivity index (χ0v) is 28.6. The smallest absolute Gasteiger partial charge is 0.164 e. The Labute approximate surface area is 294 Å². The molecule has 0 amide bonds. The Morgan fingerprint density at radius 1 is 0.560 bits per heavy atom. The number of rotatable bonds is 6. The quantitative estimate of drug-likeness (QED) is 0.132. The summed E-state index contributed by atoms with van der Waals surface area (Å²) < 4.78 is 2.62. The van der Waals surface area contributed by atoms with E-state index in [4.69, 9.17) is 19.9 Å². The number of pyridine rings is 1. The lowest BCUT2D eigenvalue weighted by Gasteiger charge is -2.15. The number of para-hydroxylation sites is 1. The maximum atomic E-state index is 5.38. The molecule has 3 aromatic heterocycles. The fourth-order valence-electron chi connectivity index (χ4n) is 7.09. The summed E-state index contributed by atoms with van der Waals surface area (Å²) in [5.74, 6) is 1.96. The third kappa shape index (κ3) is 4.97. The zero-order chi connectivity index (χ0) is 33.6. The highest BCUT2D eigenvalue weighted by molar-refractivity contribution is 7.27. The average Bonchev–Trinajstić information content (AvgIpc) is 3.57. The second-order valence-corrected chi connectivity index (χ2v) is 13.4. The Morgan fingerprint density at radius 3 is 1.92 bits per heavy atom. The van der Waals surface area contributed by atoms with Crippen LogP contribution < -0.4 is 0 Å². The van der Waals surface area contributed by atoms with Gasteiger partial charge in [0.15, 0.2) is 17.5 Å². The van der Waals surface area contributed by atoms with Crippen molar-refractivity contribution in [3.8, 4) is 34.0 Å². The van der Waals surface area contributed by atoms with E-state index in [-0.39, 0.29) is 0 Å². The molecule has 0 unspecified atom stereocenters. The molecule has 0 aliphatic rings. The Hall–Kier alpha value is -6.04. The van der Waals surface area contributed by atoms with Crippen molar-refractivity contribution in [1.82, 2.24) is 19.9 Å². The van der Waals surface area contributed by atoms with Gasteiger partial charge in [0.25, 0.3) is 0 Å². The number of hydrogen-bond donors (Lipinski definition) is 0. The van der Waals surface area contributed by atoms with E-state index < -0.39 is 0 Å². The first-order chi connectivity index (χ1) is 24.7. The number of thiophene rings is 1. The lowest BCUT2D eigenvalue weighted by molar-refractivity contribution is 1.03. The van der Waals surface area contributed by atoms with Crippen LogP contribution in [0.25, 0.3) is 92.2 Å². The molecule has 238 valence electrons. The second-order valence-electron chi connectivity index (χ2n) is 12.4. The van der Waals surface area contributed by atoms with Crippen molar-refractivity contribution in [1.29, 1.82) is 0 Å².